The van der Waals surface area contributed by atoms with Gasteiger partial charge in [-0.2, -0.15) is 0 Å². The summed E-state index contributed by atoms with van der Waals surface area (Å²) in [6.45, 7) is 0.676. The first-order chi connectivity index (χ1) is 9.24. The first-order valence-electron chi connectivity index (χ1n) is 6.55. The number of aryl methyl sites for hydroxylation is 2. The molecular weight excluding hydrogens is 244 g/mol. The first kappa shape index (κ1) is 14.0. The van der Waals surface area contributed by atoms with Crippen molar-refractivity contribution in [1.82, 2.24) is 0 Å². The molecule has 1 aromatic carbocycles. The van der Waals surface area contributed by atoms with Crippen molar-refractivity contribution >= 4 is 5.97 Å². The zero-order valence-electron chi connectivity index (χ0n) is 11.5. The molecule has 0 bridgehead atoms. The maximum Gasteiger partial charge on any atom is 0.338 e. The molecule has 19 heavy (non-hydrogen) atoms. The number of hydrogen-bond donors (Lipinski definition) is 0. The van der Waals surface area contributed by atoms with Gasteiger partial charge in [0.2, 0.25) is 0 Å². The Hall–Kier alpha value is -1.39. The van der Waals surface area contributed by atoms with Gasteiger partial charge in [-0.15, -0.1) is 0 Å². The van der Waals surface area contributed by atoms with Crippen LogP contribution in [0.2, 0.25) is 0 Å². The Balaban J connectivity index is 2.02. The van der Waals surface area contributed by atoms with E-state index in [9.17, 15) is 4.79 Å². The molecule has 0 atom stereocenters. The molecule has 0 saturated heterocycles. The number of benzene rings is 1. The highest BCUT2D eigenvalue weighted by Crippen LogP contribution is 2.23. The normalized spacial score (nSPS) is 13.6. The van der Waals surface area contributed by atoms with Crippen molar-refractivity contribution in [3.05, 3.63) is 34.9 Å². The van der Waals surface area contributed by atoms with Crippen molar-refractivity contribution in [2.45, 2.75) is 25.4 Å². The van der Waals surface area contributed by atoms with Crippen molar-refractivity contribution in [2.75, 3.05) is 27.4 Å². The molecule has 4 nitrogen and oxygen atoms in total. The molecule has 0 unspecified atom stereocenters. The van der Waals surface area contributed by atoms with Gasteiger partial charge in [0.05, 0.1) is 18.8 Å². The molecule has 0 radical (unpaired) electrons. The van der Waals surface area contributed by atoms with E-state index < -0.39 is 0 Å². The number of hydrogen-bond acceptors (Lipinski definition) is 4. The summed E-state index contributed by atoms with van der Waals surface area (Å²) in [6.07, 6.45) is 2.97. The number of rotatable bonds is 6. The highest BCUT2D eigenvalue weighted by molar-refractivity contribution is 5.90. The van der Waals surface area contributed by atoms with E-state index in [0.29, 0.717) is 18.8 Å². The quantitative estimate of drug-likeness (QED) is 0.737. The van der Waals surface area contributed by atoms with E-state index in [2.05, 4.69) is 0 Å². The van der Waals surface area contributed by atoms with Crippen molar-refractivity contribution in [3.8, 4) is 0 Å². The van der Waals surface area contributed by atoms with Crippen LogP contribution in [0.15, 0.2) is 18.2 Å². The molecule has 1 aliphatic carbocycles. The average molecular weight is 264 g/mol. The minimum absolute atomic E-state index is 0.311. The number of carbonyl (C=O) groups is 1. The van der Waals surface area contributed by atoms with Gasteiger partial charge in [-0.3, -0.25) is 0 Å². The Bertz CT molecular complexity index is 436. The lowest BCUT2D eigenvalue weighted by Crippen LogP contribution is -2.27. The van der Waals surface area contributed by atoms with Gasteiger partial charge in [-0.25, -0.2) is 4.79 Å². The third-order valence-electron chi connectivity index (χ3n) is 3.31. The van der Waals surface area contributed by atoms with E-state index in [1.165, 1.54) is 17.5 Å². The first-order valence-corrected chi connectivity index (χ1v) is 6.55. The van der Waals surface area contributed by atoms with E-state index in [1.54, 1.807) is 14.2 Å². The Morgan fingerprint density at radius 3 is 2.53 bits per heavy atom. The Morgan fingerprint density at radius 2 is 1.84 bits per heavy atom. The van der Waals surface area contributed by atoms with Crippen LogP contribution in [0.1, 0.15) is 27.9 Å². The molecule has 0 heterocycles. The lowest BCUT2D eigenvalue weighted by Gasteiger charge is -2.16. The number of ether oxygens (including phenoxy) is 3. The van der Waals surface area contributed by atoms with E-state index in [0.717, 1.165) is 12.8 Å². The number of fused-ring (bicyclic) bond motifs is 1. The summed E-state index contributed by atoms with van der Waals surface area (Å²) < 4.78 is 15.4. The summed E-state index contributed by atoms with van der Waals surface area (Å²) in [4.78, 5) is 12.1. The highest BCUT2D eigenvalue weighted by atomic mass is 16.6. The maximum absolute atomic E-state index is 12.1. The van der Waals surface area contributed by atoms with E-state index in [4.69, 9.17) is 14.2 Å². The lowest BCUT2D eigenvalue weighted by molar-refractivity contribution is -0.0223. The van der Waals surface area contributed by atoms with Crippen LogP contribution in [-0.2, 0) is 27.1 Å². The molecule has 0 N–H and O–H groups in total. The molecular formula is C15H20O4. The van der Waals surface area contributed by atoms with Crippen LogP contribution in [0, 0.1) is 0 Å². The molecule has 104 valence electrons. The monoisotopic (exact) mass is 264 g/mol. The topological polar surface area (TPSA) is 44.8 Å². The molecule has 1 aromatic rings. The zero-order valence-corrected chi connectivity index (χ0v) is 11.5. The lowest BCUT2D eigenvalue weighted by atomic mass is 10.1. The van der Waals surface area contributed by atoms with Crippen LogP contribution >= 0.6 is 0 Å². The summed E-state index contributed by atoms with van der Waals surface area (Å²) in [5.41, 5.74) is 3.23. The number of methoxy groups -OCH3 is 2. The third-order valence-corrected chi connectivity index (χ3v) is 3.31. The average Bonchev–Trinajstić information content (AvgIpc) is 2.86. The van der Waals surface area contributed by atoms with Gasteiger partial charge in [0.1, 0.15) is 6.10 Å². The zero-order chi connectivity index (χ0) is 13.7. The molecule has 0 aromatic heterocycles. The molecule has 0 saturated carbocycles. The van der Waals surface area contributed by atoms with Gasteiger partial charge in [0.25, 0.3) is 0 Å². The molecule has 0 spiro atoms. The van der Waals surface area contributed by atoms with Crippen LogP contribution in [0.5, 0.6) is 0 Å². The molecule has 2 rings (SSSR count). The van der Waals surface area contributed by atoms with Gasteiger partial charge in [0.15, 0.2) is 0 Å². The smallest absolute Gasteiger partial charge is 0.338 e. The number of esters is 1. The van der Waals surface area contributed by atoms with Crippen LogP contribution < -0.4 is 0 Å². The molecule has 1 aliphatic rings. The Morgan fingerprint density at radius 1 is 1.16 bits per heavy atom. The fraction of sp³-hybridized carbons (Fsp3) is 0.533. The van der Waals surface area contributed by atoms with Crippen LogP contribution in [0.3, 0.4) is 0 Å². The van der Waals surface area contributed by atoms with Crippen LogP contribution in [0.4, 0.5) is 0 Å². The van der Waals surface area contributed by atoms with Gasteiger partial charge in [-0.1, -0.05) is 6.07 Å². The van der Waals surface area contributed by atoms with Gasteiger partial charge in [0, 0.05) is 14.2 Å². The van der Waals surface area contributed by atoms with Gasteiger partial charge < -0.3 is 14.2 Å². The SMILES string of the molecule is COCC(COC)OC(=O)c1ccc2c(c1)CCC2. The summed E-state index contributed by atoms with van der Waals surface area (Å²) in [6, 6.07) is 5.81. The van der Waals surface area contributed by atoms with Crippen molar-refractivity contribution in [1.29, 1.82) is 0 Å². The van der Waals surface area contributed by atoms with E-state index in [1.807, 2.05) is 18.2 Å². The largest absolute Gasteiger partial charge is 0.454 e. The van der Waals surface area contributed by atoms with Gasteiger partial charge in [-0.05, 0) is 42.5 Å². The van der Waals surface area contributed by atoms with Crippen molar-refractivity contribution in [3.63, 3.8) is 0 Å². The fourth-order valence-electron chi connectivity index (χ4n) is 2.41. The standard InChI is InChI=1S/C15H20O4/c1-17-9-14(10-18-2)19-15(16)13-7-6-11-4-3-5-12(11)8-13/h6-8,14H,3-5,9-10H2,1-2H3. The molecule has 0 amide bonds. The minimum Gasteiger partial charge on any atom is -0.454 e. The summed E-state index contributed by atoms with van der Waals surface area (Å²) in [7, 11) is 3.15. The second-order valence-corrected chi connectivity index (χ2v) is 4.78. The maximum atomic E-state index is 12.1. The molecule has 0 aliphatic heterocycles. The summed E-state index contributed by atoms with van der Waals surface area (Å²) in [5.74, 6) is -0.311. The summed E-state index contributed by atoms with van der Waals surface area (Å²) in [5, 5.41) is 0. The Kier molecular flexibility index (Phi) is 4.93. The van der Waals surface area contributed by atoms with Crippen molar-refractivity contribution in [2.24, 2.45) is 0 Å². The second-order valence-electron chi connectivity index (χ2n) is 4.78. The molecule has 4 heteroatoms. The minimum atomic E-state index is -0.365. The van der Waals surface area contributed by atoms with Crippen LogP contribution in [-0.4, -0.2) is 39.5 Å². The van der Waals surface area contributed by atoms with E-state index in [-0.39, 0.29) is 12.1 Å². The fourth-order valence-corrected chi connectivity index (χ4v) is 2.41. The molecule has 0 fully saturated rings. The predicted octanol–water partition coefficient (Wildman–Crippen LogP) is 1.99. The predicted molar refractivity (Wildman–Crippen MR) is 71.4 cm³/mol. The van der Waals surface area contributed by atoms with Crippen molar-refractivity contribution < 1.29 is 19.0 Å². The highest BCUT2D eigenvalue weighted by Gasteiger charge is 2.18. The number of carbonyl (C=O) groups excluding carboxylic acids is 1. The Labute approximate surface area is 113 Å². The second kappa shape index (κ2) is 6.68. The van der Waals surface area contributed by atoms with E-state index >= 15 is 0 Å². The third kappa shape index (κ3) is 3.55. The summed E-state index contributed by atoms with van der Waals surface area (Å²) >= 11 is 0. The van der Waals surface area contributed by atoms with Crippen LogP contribution in [0.25, 0.3) is 0 Å². The van der Waals surface area contributed by atoms with Gasteiger partial charge >= 0.3 is 5.97 Å².